The van der Waals surface area contributed by atoms with E-state index in [1.165, 1.54) is 6.20 Å². The fourth-order valence-corrected chi connectivity index (χ4v) is 1.23. The summed E-state index contributed by atoms with van der Waals surface area (Å²) < 4.78 is 0. The molecule has 0 aliphatic heterocycles. The Hall–Kier alpha value is -1.69. The second-order valence-electron chi connectivity index (χ2n) is 3.18. The topological polar surface area (TPSA) is 53.8 Å². The van der Waals surface area contributed by atoms with Gasteiger partial charge >= 0.3 is 0 Å². The molecule has 1 saturated carbocycles. The second kappa shape index (κ2) is 2.98. The number of Topliss-reactive ketones (excluding diaryl/α,β-unsaturated/α-hetero) is 1. The molecule has 1 fully saturated rings. The van der Waals surface area contributed by atoms with Crippen molar-refractivity contribution < 1.29 is 4.79 Å². The quantitative estimate of drug-likeness (QED) is 0.636. The average Bonchev–Trinajstić information content (AvgIpc) is 3.00. The van der Waals surface area contributed by atoms with E-state index in [9.17, 15) is 4.79 Å². The van der Waals surface area contributed by atoms with Gasteiger partial charge in [-0.1, -0.05) is 0 Å². The minimum Gasteiger partial charge on any atom is -0.294 e. The average molecular weight is 172 g/mol. The minimum absolute atomic E-state index is 0.152. The van der Waals surface area contributed by atoms with Crippen molar-refractivity contribution in [3.63, 3.8) is 0 Å². The normalized spacial score (nSPS) is 15.0. The van der Waals surface area contributed by atoms with Crippen molar-refractivity contribution in [1.29, 1.82) is 5.26 Å². The van der Waals surface area contributed by atoms with E-state index in [1.54, 1.807) is 12.1 Å². The van der Waals surface area contributed by atoms with Crippen LogP contribution in [0.3, 0.4) is 0 Å². The Balaban J connectivity index is 2.30. The van der Waals surface area contributed by atoms with E-state index in [1.807, 2.05) is 6.07 Å². The van der Waals surface area contributed by atoms with E-state index in [2.05, 4.69) is 4.98 Å². The van der Waals surface area contributed by atoms with Crippen LogP contribution in [0.5, 0.6) is 0 Å². The Morgan fingerprint density at radius 3 is 3.00 bits per heavy atom. The maximum absolute atomic E-state index is 11.5. The van der Waals surface area contributed by atoms with Crippen LogP contribution in [0.15, 0.2) is 18.3 Å². The second-order valence-corrected chi connectivity index (χ2v) is 3.18. The van der Waals surface area contributed by atoms with E-state index in [4.69, 9.17) is 5.26 Å². The Bertz CT molecular complexity index is 388. The summed E-state index contributed by atoms with van der Waals surface area (Å²) in [5, 5.41) is 8.57. The minimum atomic E-state index is 0.152. The highest BCUT2D eigenvalue weighted by Crippen LogP contribution is 2.32. The van der Waals surface area contributed by atoms with Crippen LogP contribution in [0, 0.1) is 17.2 Å². The highest BCUT2D eigenvalue weighted by molar-refractivity contribution is 5.99. The van der Waals surface area contributed by atoms with Gasteiger partial charge in [-0.3, -0.25) is 4.79 Å². The zero-order chi connectivity index (χ0) is 9.26. The maximum atomic E-state index is 11.5. The molecule has 0 spiro atoms. The number of hydrogen-bond acceptors (Lipinski definition) is 3. The molecule has 2 rings (SSSR count). The van der Waals surface area contributed by atoms with E-state index in [-0.39, 0.29) is 11.7 Å². The number of nitrogens with zero attached hydrogens (tertiary/aromatic N) is 2. The van der Waals surface area contributed by atoms with Crippen molar-refractivity contribution in [3.8, 4) is 6.07 Å². The zero-order valence-corrected chi connectivity index (χ0v) is 7.03. The third-order valence-electron chi connectivity index (χ3n) is 2.11. The summed E-state index contributed by atoms with van der Waals surface area (Å²) in [5.74, 6) is 0.354. The Labute approximate surface area is 76.0 Å². The van der Waals surface area contributed by atoms with Crippen molar-refractivity contribution in [3.05, 3.63) is 29.6 Å². The molecule has 64 valence electrons. The number of carbonyl (C=O) groups is 1. The highest BCUT2D eigenvalue weighted by atomic mass is 16.1. The lowest BCUT2D eigenvalue weighted by atomic mass is 10.1. The standard InChI is InChI=1S/C10H8N2O/c11-6-9-5-8(3-4-12-9)10(13)7-1-2-7/h3-5,7H,1-2H2. The third kappa shape index (κ3) is 1.57. The molecule has 3 nitrogen and oxygen atoms in total. The molecule has 1 aromatic heterocycles. The monoisotopic (exact) mass is 172 g/mol. The predicted molar refractivity (Wildman–Crippen MR) is 46.0 cm³/mol. The molecule has 0 N–H and O–H groups in total. The smallest absolute Gasteiger partial charge is 0.166 e. The molecular formula is C10H8N2O. The summed E-state index contributed by atoms with van der Waals surface area (Å²) in [7, 11) is 0. The predicted octanol–water partition coefficient (Wildman–Crippen LogP) is 1.55. The van der Waals surface area contributed by atoms with Crippen molar-refractivity contribution in [2.24, 2.45) is 5.92 Å². The first-order valence-electron chi connectivity index (χ1n) is 4.21. The molecule has 3 heteroatoms. The lowest BCUT2D eigenvalue weighted by Gasteiger charge is -1.97. The van der Waals surface area contributed by atoms with Crippen LogP contribution < -0.4 is 0 Å². The SMILES string of the molecule is N#Cc1cc(C(=O)C2CC2)ccn1. The number of pyridine rings is 1. The molecule has 0 aromatic carbocycles. The van der Waals surface area contributed by atoms with Crippen molar-refractivity contribution in [2.45, 2.75) is 12.8 Å². The van der Waals surface area contributed by atoms with Gasteiger partial charge in [-0.15, -0.1) is 0 Å². The summed E-state index contributed by atoms with van der Waals surface area (Å²) in [5.41, 5.74) is 0.931. The van der Waals surface area contributed by atoms with E-state index in [0.717, 1.165) is 12.8 Å². The van der Waals surface area contributed by atoms with Gasteiger partial charge in [0, 0.05) is 17.7 Å². The first-order chi connectivity index (χ1) is 6.31. The Morgan fingerprint density at radius 1 is 1.62 bits per heavy atom. The largest absolute Gasteiger partial charge is 0.294 e. The van der Waals surface area contributed by atoms with Gasteiger partial charge in [0.25, 0.3) is 0 Å². The number of aromatic nitrogens is 1. The Kier molecular flexibility index (Phi) is 1.82. The van der Waals surface area contributed by atoms with Crippen molar-refractivity contribution in [1.82, 2.24) is 4.98 Å². The lowest BCUT2D eigenvalue weighted by Crippen LogP contribution is -2.01. The number of ketones is 1. The van der Waals surface area contributed by atoms with E-state index in [0.29, 0.717) is 11.3 Å². The number of carbonyl (C=O) groups excluding carboxylic acids is 1. The number of nitriles is 1. The van der Waals surface area contributed by atoms with Gasteiger partial charge in [0.1, 0.15) is 11.8 Å². The molecule has 0 amide bonds. The fourth-order valence-electron chi connectivity index (χ4n) is 1.23. The van der Waals surface area contributed by atoms with Crippen LogP contribution in [-0.2, 0) is 0 Å². The summed E-state index contributed by atoms with van der Waals surface area (Å²) >= 11 is 0. The summed E-state index contributed by atoms with van der Waals surface area (Å²) in [6.07, 6.45) is 3.49. The third-order valence-corrected chi connectivity index (χ3v) is 2.11. The number of rotatable bonds is 2. The molecule has 0 unspecified atom stereocenters. The lowest BCUT2D eigenvalue weighted by molar-refractivity contribution is 0.0967. The summed E-state index contributed by atoms with van der Waals surface area (Å²) in [4.78, 5) is 15.3. The van der Waals surface area contributed by atoms with Crippen molar-refractivity contribution >= 4 is 5.78 Å². The number of hydrogen-bond donors (Lipinski definition) is 0. The summed E-state index contributed by atoms with van der Waals surface area (Å²) in [6, 6.07) is 5.14. The first kappa shape index (κ1) is 7.93. The van der Waals surface area contributed by atoms with Crippen LogP contribution in [0.1, 0.15) is 28.9 Å². The van der Waals surface area contributed by atoms with Crippen LogP contribution in [0.2, 0.25) is 0 Å². The van der Waals surface area contributed by atoms with Gasteiger partial charge in [-0.05, 0) is 25.0 Å². The van der Waals surface area contributed by atoms with Gasteiger partial charge in [0.2, 0.25) is 0 Å². The molecule has 1 aliphatic rings. The van der Waals surface area contributed by atoms with Gasteiger partial charge in [-0.25, -0.2) is 4.98 Å². The van der Waals surface area contributed by atoms with Gasteiger partial charge in [0.15, 0.2) is 5.78 Å². The molecule has 1 aliphatic carbocycles. The molecule has 0 saturated heterocycles. The highest BCUT2D eigenvalue weighted by Gasteiger charge is 2.30. The first-order valence-corrected chi connectivity index (χ1v) is 4.21. The molecule has 1 heterocycles. The van der Waals surface area contributed by atoms with E-state index < -0.39 is 0 Å². The van der Waals surface area contributed by atoms with Gasteiger partial charge in [0.05, 0.1) is 0 Å². The van der Waals surface area contributed by atoms with E-state index >= 15 is 0 Å². The van der Waals surface area contributed by atoms with Crippen LogP contribution >= 0.6 is 0 Å². The zero-order valence-electron chi connectivity index (χ0n) is 7.03. The maximum Gasteiger partial charge on any atom is 0.166 e. The molecule has 1 aromatic rings. The molecule has 0 radical (unpaired) electrons. The van der Waals surface area contributed by atoms with Gasteiger partial charge < -0.3 is 0 Å². The van der Waals surface area contributed by atoms with Crippen molar-refractivity contribution in [2.75, 3.05) is 0 Å². The molecule has 0 atom stereocenters. The van der Waals surface area contributed by atoms with Crippen LogP contribution in [0.25, 0.3) is 0 Å². The van der Waals surface area contributed by atoms with Crippen LogP contribution in [-0.4, -0.2) is 10.8 Å². The Morgan fingerprint density at radius 2 is 2.38 bits per heavy atom. The van der Waals surface area contributed by atoms with Gasteiger partial charge in [-0.2, -0.15) is 5.26 Å². The fraction of sp³-hybridized carbons (Fsp3) is 0.300. The molecular weight excluding hydrogens is 164 g/mol. The van der Waals surface area contributed by atoms with Crippen LogP contribution in [0.4, 0.5) is 0 Å². The molecule has 0 bridgehead atoms. The summed E-state index contributed by atoms with van der Waals surface area (Å²) in [6.45, 7) is 0. The molecule has 13 heavy (non-hydrogen) atoms.